The highest BCUT2D eigenvalue weighted by molar-refractivity contribution is 7.92. The van der Waals surface area contributed by atoms with Crippen LogP contribution in [0.4, 0.5) is 13.2 Å². The molecule has 2 aromatic carbocycles. The summed E-state index contributed by atoms with van der Waals surface area (Å²) in [6.07, 6.45) is 3.01. The highest BCUT2D eigenvalue weighted by Gasteiger charge is 2.46. The van der Waals surface area contributed by atoms with E-state index in [0.29, 0.717) is 17.7 Å². The Balaban J connectivity index is 1.49. The maximum absolute atomic E-state index is 12.8. The SMILES string of the molecule is CS(=O)(=O)CCCOc1cccc(Cn2cc(-c3noc(-c4ccc(S(=O)(=O)C(F)(F)F)cc4)n3)ccc2=O)c1. The van der Waals surface area contributed by atoms with Crippen molar-refractivity contribution in [3.05, 3.63) is 82.8 Å². The van der Waals surface area contributed by atoms with Crippen molar-refractivity contribution in [2.45, 2.75) is 23.4 Å². The van der Waals surface area contributed by atoms with Gasteiger partial charge >= 0.3 is 5.51 Å². The second kappa shape index (κ2) is 11.3. The Labute approximate surface area is 226 Å². The van der Waals surface area contributed by atoms with E-state index in [1.807, 2.05) is 0 Å². The van der Waals surface area contributed by atoms with Crippen LogP contribution in [0, 0.1) is 0 Å². The Morgan fingerprint density at radius 3 is 2.35 bits per heavy atom. The van der Waals surface area contributed by atoms with Gasteiger partial charge in [-0.25, -0.2) is 16.8 Å². The van der Waals surface area contributed by atoms with E-state index in [2.05, 4.69) is 10.1 Å². The summed E-state index contributed by atoms with van der Waals surface area (Å²) in [5.41, 5.74) is -4.39. The van der Waals surface area contributed by atoms with E-state index in [0.717, 1.165) is 36.1 Å². The van der Waals surface area contributed by atoms with Gasteiger partial charge in [0.15, 0.2) is 0 Å². The molecule has 0 N–H and O–H groups in total. The normalized spacial score (nSPS) is 12.4. The highest BCUT2D eigenvalue weighted by atomic mass is 32.2. The number of pyridine rings is 1. The molecule has 0 fully saturated rings. The predicted molar refractivity (Wildman–Crippen MR) is 138 cm³/mol. The summed E-state index contributed by atoms with van der Waals surface area (Å²) in [7, 11) is -8.57. The molecule has 0 spiro atoms. The van der Waals surface area contributed by atoms with Crippen LogP contribution < -0.4 is 10.3 Å². The summed E-state index contributed by atoms with van der Waals surface area (Å²) in [6.45, 7) is 0.389. The minimum atomic E-state index is -5.49. The van der Waals surface area contributed by atoms with E-state index >= 15 is 0 Å². The van der Waals surface area contributed by atoms with Crippen LogP contribution in [0.15, 0.2) is 81.1 Å². The maximum atomic E-state index is 12.8. The Morgan fingerprint density at radius 1 is 0.975 bits per heavy atom. The number of hydrogen-bond donors (Lipinski definition) is 0. The quantitative estimate of drug-likeness (QED) is 0.250. The third-order valence-electron chi connectivity index (χ3n) is 5.56. The fourth-order valence-electron chi connectivity index (χ4n) is 3.60. The molecule has 212 valence electrons. The Bertz CT molecular complexity index is 1780. The molecule has 15 heteroatoms. The Morgan fingerprint density at radius 2 is 1.68 bits per heavy atom. The molecule has 4 rings (SSSR count). The first-order valence-electron chi connectivity index (χ1n) is 11.6. The molecular formula is C25H22F3N3O7S2. The summed E-state index contributed by atoms with van der Waals surface area (Å²) in [5, 5.41) is 3.86. The number of nitrogens with zero attached hydrogens (tertiary/aromatic N) is 3. The molecule has 0 radical (unpaired) electrons. The molecule has 0 atom stereocenters. The first-order chi connectivity index (χ1) is 18.7. The number of halogens is 3. The molecule has 2 heterocycles. The molecule has 4 aromatic rings. The van der Waals surface area contributed by atoms with E-state index in [-0.39, 0.29) is 41.7 Å². The second-order valence-electron chi connectivity index (χ2n) is 8.76. The van der Waals surface area contributed by atoms with Crippen molar-refractivity contribution in [1.29, 1.82) is 0 Å². The molecule has 0 unspecified atom stereocenters. The molecule has 0 aliphatic rings. The first kappa shape index (κ1) is 29.0. The van der Waals surface area contributed by atoms with Gasteiger partial charge in [-0.15, -0.1) is 0 Å². The van der Waals surface area contributed by atoms with Crippen LogP contribution in [-0.4, -0.2) is 55.7 Å². The lowest BCUT2D eigenvalue weighted by Gasteiger charge is -2.10. The third kappa shape index (κ3) is 6.96. The van der Waals surface area contributed by atoms with Gasteiger partial charge in [0.2, 0.25) is 5.82 Å². The van der Waals surface area contributed by atoms with E-state index < -0.39 is 30.1 Å². The number of rotatable bonds is 10. The van der Waals surface area contributed by atoms with E-state index in [9.17, 15) is 34.8 Å². The summed E-state index contributed by atoms with van der Waals surface area (Å²) in [5.74, 6) is 0.563. The number of alkyl halides is 3. The lowest BCUT2D eigenvalue weighted by molar-refractivity contribution is -0.0436. The smallest absolute Gasteiger partial charge is 0.494 e. The minimum absolute atomic E-state index is 0.0119. The van der Waals surface area contributed by atoms with Gasteiger partial charge in [-0.1, -0.05) is 17.3 Å². The van der Waals surface area contributed by atoms with Crippen molar-refractivity contribution < 1.29 is 39.3 Å². The second-order valence-corrected chi connectivity index (χ2v) is 13.0. The lowest BCUT2D eigenvalue weighted by atomic mass is 10.2. The van der Waals surface area contributed by atoms with Gasteiger partial charge in [-0.3, -0.25) is 4.79 Å². The number of aromatic nitrogens is 3. The topological polar surface area (TPSA) is 138 Å². The maximum Gasteiger partial charge on any atom is 0.501 e. The zero-order valence-corrected chi connectivity index (χ0v) is 22.5. The average Bonchev–Trinajstić information content (AvgIpc) is 3.37. The Hall–Kier alpha value is -3.98. The third-order valence-corrected chi connectivity index (χ3v) is 8.10. The zero-order valence-electron chi connectivity index (χ0n) is 20.8. The molecule has 10 nitrogen and oxygen atoms in total. The van der Waals surface area contributed by atoms with Gasteiger partial charge in [-0.2, -0.15) is 18.2 Å². The van der Waals surface area contributed by atoms with Crippen LogP contribution in [0.25, 0.3) is 22.8 Å². The van der Waals surface area contributed by atoms with Gasteiger partial charge < -0.3 is 13.8 Å². The number of ether oxygens (including phenoxy) is 1. The zero-order chi connectivity index (χ0) is 29.1. The van der Waals surface area contributed by atoms with Crippen molar-refractivity contribution in [3.8, 4) is 28.6 Å². The molecule has 0 aliphatic carbocycles. The van der Waals surface area contributed by atoms with Crippen LogP contribution in [0.1, 0.15) is 12.0 Å². The number of sulfone groups is 2. The van der Waals surface area contributed by atoms with E-state index in [1.54, 1.807) is 24.3 Å². The molecule has 40 heavy (non-hydrogen) atoms. The van der Waals surface area contributed by atoms with Crippen molar-refractivity contribution in [2.75, 3.05) is 18.6 Å². The minimum Gasteiger partial charge on any atom is -0.494 e. The fourth-order valence-corrected chi connectivity index (χ4v) is 5.00. The molecule has 0 bridgehead atoms. The highest BCUT2D eigenvalue weighted by Crippen LogP contribution is 2.31. The van der Waals surface area contributed by atoms with Gasteiger partial charge in [0.05, 0.1) is 23.8 Å². The van der Waals surface area contributed by atoms with Gasteiger partial charge in [0.1, 0.15) is 15.6 Å². The average molecular weight is 598 g/mol. The van der Waals surface area contributed by atoms with Gasteiger partial charge in [0.25, 0.3) is 21.3 Å². The van der Waals surface area contributed by atoms with Crippen LogP contribution in [0.5, 0.6) is 5.75 Å². The monoisotopic (exact) mass is 597 g/mol. The molecule has 2 aromatic heterocycles. The molecule has 0 saturated heterocycles. The number of hydrogen-bond acceptors (Lipinski definition) is 9. The van der Waals surface area contributed by atoms with Crippen molar-refractivity contribution >= 4 is 19.7 Å². The van der Waals surface area contributed by atoms with Gasteiger partial charge in [-0.05, 0) is 54.4 Å². The first-order valence-corrected chi connectivity index (χ1v) is 15.1. The molecule has 0 aliphatic heterocycles. The summed E-state index contributed by atoms with van der Waals surface area (Å²) < 4.78 is 96.2. The van der Waals surface area contributed by atoms with Crippen LogP contribution in [0.2, 0.25) is 0 Å². The Kier molecular flexibility index (Phi) is 8.16. The van der Waals surface area contributed by atoms with Crippen LogP contribution in [-0.2, 0) is 26.2 Å². The van der Waals surface area contributed by atoms with Gasteiger partial charge in [0, 0.05) is 29.6 Å². The van der Waals surface area contributed by atoms with Crippen molar-refractivity contribution in [3.63, 3.8) is 0 Å². The van der Waals surface area contributed by atoms with Crippen molar-refractivity contribution in [2.24, 2.45) is 0 Å². The lowest BCUT2D eigenvalue weighted by Crippen LogP contribution is -2.23. The predicted octanol–water partition coefficient (Wildman–Crippen LogP) is 3.72. The molecule has 0 saturated carbocycles. The van der Waals surface area contributed by atoms with Crippen molar-refractivity contribution in [1.82, 2.24) is 14.7 Å². The summed E-state index contributed by atoms with van der Waals surface area (Å²) >= 11 is 0. The van der Waals surface area contributed by atoms with E-state index in [4.69, 9.17) is 9.26 Å². The van der Waals surface area contributed by atoms with Crippen LogP contribution in [0.3, 0.4) is 0 Å². The number of benzene rings is 2. The largest absolute Gasteiger partial charge is 0.501 e. The fraction of sp³-hybridized carbons (Fsp3) is 0.240. The summed E-state index contributed by atoms with van der Waals surface area (Å²) in [6, 6.07) is 13.6. The molecule has 0 amide bonds. The standard InChI is InChI=1S/C25H22F3N3O7S2/c1-39(33,34)13-3-12-37-20-5-2-4-17(14-20)15-31-16-19(8-11-22(31)32)23-29-24(38-30-23)18-6-9-21(10-7-18)40(35,36)25(26,27)28/h2,4-11,14,16H,3,12-13,15H2,1H3. The summed E-state index contributed by atoms with van der Waals surface area (Å²) in [4.78, 5) is 15.8. The van der Waals surface area contributed by atoms with Crippen LogP contribution >= 0.6 is 0 Å². The molecular weight excluding hydrogens is 575 g/mol. The van der Waals surface area contributed by atoms with E-state index in [1.165, 1.54) is 22.9 Å².